The van der Waals surface area contributed by atoms with E-state index >= 15 is 0 Å². The Balaban J connectivity index is 1.94. The van der Waals surface area contributed by atoms with E-state index in [-0.39, 0.29) is 17.5 Å². The molecule has 21 heavy (non-hydrogen) atoms. The smallest absolute Gasteiger partial charge is 0.157 e. The van der Waals surface area contributed by atoms with Gasteiger partial charge in [-0.3, -0.25) is 0 Å². The summed E-state index contributed by atoms with van der Waals surface area (Å²) in [5.74, 6) is 0.679. The molecule has 1 unspecified atom stereocenters. The lowest BCUT2D eigenvalue weighted by molar-refractivity contribution is 0.340. The topological polar surface area (TPSA) is 61.7 Å². The molecule has 2 aromatic carbocycles. The van der Waals surface area contributed by atoms with Crippen molar-refractivity contribution in [3.63, 3.8) is 0 Å². The summed E-state index contributed by atoms with van der Waals surface area (Å²) < 4.78 is 5.42. The Morgan fingerprint density at radius 1 is 1.05 bits per heavy atom. The predicted octanol–water partition coefficient (Wildman–Crippen LogP) is 3.35. The Bertz CT molecular complexity index is 581. The summed E-state index contributed by atoms with van der Waals surface area (Å²) in [6, 6.07) is 13.0. The number of aromatic hydroxyl groups is 2. The first-order chi connectivity index (χ1) is 10.1. The van der Waals surface area contributed by atoms with Crippen molar-refractivity contribution in [3.8, 4) is 17.2 Å². The Labute approximate surface area is 125 Å². The van der Waals surface area contributed by atoms with Crippen molar-refractivity contribution in [3.05, 3.63) is 53.6 Å². The third kappa shape index (κ3) is 4.13. The molecule has 2 rings (SSSR count). The molecule has 0 aliphatic heterocycles. The lowest BCUT2D eigenvalue weighted by atomic mass is 10.1. The second kappa shape index (κ2) is 6.99. The minimum Gasteiger partial charge on any atom is -0.504 e. The molecule has 0 aliphatic rings. The normalized spacial score (nSPS) is 12.1. The number of phenols is 2. The maximum absolute atomic E-state index is 9.47. The summed E-state index contributed by atoms with van der Waals surface area (Å²) in [7, 11) is 0. The largest absolute Gasteiger partial charge is 0.504 e. The van der Waals surface area contributed by atoms with E-state index in [2.05, 4.69) is 12.2 Å². The second-order valence-electron chi connectivity index (χ2n) is 4.93. The van der Waals surface area contributed by atoms with Crippen LogP contribution in [-0.4, -0.2) is 16.8 Å². The van der Waals surface area contributed by atoms with Crippen LogP contribution >= 0.6 is 0 Å². The maximum atomic E-state index is 9.47. The number of benzene rings is 2. The van der Waals surface area contributed by atoms with Crippen LogP contribution in [0.1, 0.15) is 31.0 Å². The van der Waals surface area contributed by atoms with E-state index < -0.39 is 0 Å². The molecule has 0 aromatic heterocycles. The van der Waals surface area contributed by atoms with Crippen LogP contribution in [0, 0.1) is 0 Å². The van der Waals surface area contributed by atoms with Crippen molar-refractivity contribution < 1.29 is 14.9 Å². The molecule has 0 saturated heterocycles. The first-order valence-corrected chi connectivity index (χ1v) is 7.07. The molecule has 0 saturated carbocycles. The van der Waals surface area contributed by atoms with Crippen LogP contribution in [0.15, 0.2) is 42.5 Å². The highest BCUT2D eigenvalue weighted by molar-refractivity contribution is 5.40. The molecule has 4 heteroatoms. The summed E-state index contributed by atoms with van der Waals surface area (Å²) in [5.41, 5.74) is 2.09. The summed E-state index contributed by atoms with van der Waals surface area (Å²) >= 11 is 0. The molecule has 4 nitrogen and oxygen atoms in total. The van der Waals surface area contributed by atoms with E-state index in [4.69, 9.17) is 4.74 Å². The molecule has 112 valence electrons. The molecule has 0 radical (unpaired) electrons. The van der Waals surface area contributed by atoms with Gasteiger partial charge >= 0.3 is 0 Å². The summed E-state index contributed by atoms with van der Waals surface area (Å²) in [5, 5.41) is 22.1. The van der Waals surface area contributed by atoms with E-state index in [1.807, 2.05) is 31.2 Å². The van der Waals surface area contributed by atoms with Crippen molar-refractivity contribution in [1.82, 2.24) is 5.32 Å². The number of nitrogens with one attached hydrogen (secondary N) is 1. The van der Waals surface area contributed by atoms with Gasteiger partial charge in [0.2, 0.25) is 0 Å². The van der Waals surface area contributed by atoms with Crippen LogP contribution in [-0.2, 0) is 6.54 Å². The average molecular weight is 287 g/mol. The zero-order chi connectivity index (χ0) is 15.2. The Morgan fingerprint density at radius 3 is 2.38 bits per heavy atom. The first kappa shape index (κ1) is 15.2. The molecule has 0 amide bonds. The molecule has 0 bridgehead atoms. The van der Waals surface area contributed by atoms with Crippen LogP contribution in [0.5, 0.6) is 17.2 Å². The van der Waals surface area contributed by atoms with Gasteiger partial charge in [-0.2, -0.15) is 0 Å². The molecule has 0 heterocycles. The van der Waals surface area contributed by atoms with Crippen LogP contribution in [0.3, 0.4) is 0 Å². The number of hydrogen-bond donors (Lipinski definition) is 3. The average Bonchev–Trinajstić information content (AvgIpc) is 2.49. The minimum absolute atomic E-state index is 0.0944. The van der Waals surface area contributed by atoms with Gasteiger partial charge in [0, 0.05) is 12.6 Å². The van der Waals surface area contributed by atoms with Gasteiger partial charge in [-0.15, -0.1) is 0 Å². The molecule has 1 atom stereocenters. The standard InChI is InChI=1S/C17H21NO3/c1-3-21-15-7-5-14(6-8-15)12(2)18-11-13-4-9-16(19)17(20)10-13/h4-10,12,18-20H,3,11H2,1-2H3. The number of rotatable bonds is 6. The van der Waals surface area contributed by atoms with Gasteiger partial charge in [0.1, 0.15) is 5.75 Å². The SMILES string of the molecule is CCOc1ccc(C(C)NCc2ccc(O)c(O)c2)cc1. The summed E-state index contributed by atoms with van der Waals surface area (Å²) in [6.45, 7) is 5.32. The summed E-state index contributed by atoms with van der Waals surface area (Å²) in [4.78, 5) is 0. The summed E-state index contributed by atoms with van der Waals surface area (Å²) in [6.07, 6.45) is 0. The minimum atomic E-state index is -0.0988. The number of hydrogen-bond acceptors (Lipinski definition) is 4. The van der Waals surface area contributed by atoms with Crippen LogP contribution in [0.2, 0.25) is 0 Å². The zero-order valence-electron chi connectivity index (χ0n) is 12.3. The van der Waals surface area contributed by atoms with Gasteiger partial charge < -0.3 is 20.3 Å². The lowest BCUT2D eigenvalue weighted by Gasteiger charge is -2.15. The highest BCUT2D eigenvalue weighted by Gasteiger charge is 2.06. The number of ether oxygens (including phenoxy) is 1. The third-order valence-electron chi connectivity index (χ3n) is 3.34. The fourth-order valence-electron chi connectivity index (χ4n) is 2.09. The van der Waals surface area contributed by atoms with Crippen LogP contribution in [0.4, 0.5) is 0 Å². The van der Waals surface area contributed by atoms with Gasteiger partial charge in [-0.05, 0) is 49.2 Å². The molecule has 0 fully saturated rings. The quantitative estimate of drug-likeness (QED) is 0.713. The zero-order valence-corrected chi connectivity index (χ0v) is 12.3. The Morgan fingerprint density at radius 2 is 1.76 bits per heavy atom. The van der Waals surface area contributed by atoms with Gasteiger partial charge in [0.05, 0.1) is 6.61 Å². The van der Waals surface area contributed by atoms with Crippen molar-refractivity contribution in [2.75, 3.05) is 6.61 Å². The van der Waals surface area contributed by atoms with Crippen LogP contribution < -0.4 is 10.1 Å². The van der Waals surface area contributed by atoms with Gasteiger partial charge in [0.25, 0.3) is 0 Å². The highest BCUT2D eigenvalue weighted by Crippen LogP contribution is 2.25. The monoisotopic (exact) mass is 287 g/mol. The Kier molecular flexibility index (Phi) is 5.06. The molecular weight excluding hydrogens is 266 g/mol. The van der Waals surface area contributed by atoms with Gasteiger partial charge in [0.15, 0.2) is 11.5 Å². The predicted molar refractivity (Wildman–Crippen MR) is 82.6 cm³/mol. The third-order valence-corrected chi connectivity index (χ3v) is 3.34. The molecule has 2 aromatic rings. The van der Waals surface area contributed by atoms with Crippen LogP contribution in [0.25, 0.3) is 0 Å². The van der Waals surface area contributed by atoms with E-state index in [9.17, 15) is 10.2 Å². The van der Waals surface area contributed by atoms with Gasteiger partial charge in [-0.25, -0.2) is 0 Å². The maximum Gasteiger partial charge on any atom is 0.157 e. The first-order valence-electron chi connectivity index (χ1n) is 7.07. The Hall–Kier alpha value is -2.20. The van der Waals surface area contributed by atoms with E-state index in [0.29, 0.717) is 13.2 Å². The number of phenolic OH excluding ortho intramolecular Hbond substituents is 2. The molecular formula is C17H21NO3. The van der Waals surface area contributed by atoms with E-state index in [1.165, 1.54) is 11.6 Å². The van der Waals surface area contributed by atoms with Crippen molar-refractivity contribution in [2.24, 2.45) is 0 Å². The van der Waals surface area contributed by atoms with Gasteiger partial charge in [-0.1, -0.05) is 18.2 Å². The van der Waals surface area contributed by atoms with E-state index in [0.717, 1.165) is 11.3 Å². The molecule has 3 N–H and O–H groups in total. The fourth-order valence-corrected chi connectivity index (χ4v) is 2.09. The molecule has 0 spiro atoms. The van der Waals surface area contributed by atoms with Crippen molar-refractivity contribution >= 4 is 0 Å². The van der Waals surface area contributed by atoms with Crippen molar-refractivity contribution in [2.45, 2.75) is 26.4 Å². The lowest BCUT2D eigenvalue weighted by Crippen LogP contribution is -2.17. The second-order valence-corrected chi connectivity index (χ2v) is 4.93. The van der Waals surface area contributed by atoms with Crippen molar-refractivity contribution in [1.29, 1.82) is 0 Å². The fraction of sp³-hybridized carbons (Fsp3) is 0.294. The highest BCUT2D eigenvalue weighted by atomic mass is 16.5. The molecule has 0 aliphatic carbocycles. The van der Waals surface area contributed by atoms with E-state index in [1.54, 1.807) is 12.1 Å².